The number of nitrogens with zero attached hydrogens (tertiary/aromatic N) is 2. The number of nitrogens with one attached hydrogen (secondary N) is 1. The number of aliphatic hydroxyl groups is 1. The van der Waals surface area contributed by atoms with E-state index < -0.39 is 11.7 Å². The predicted octanol–water partition coefficient (Wildman–Crippen LogP) is 4.67. The lowest BCUT2D eigenvalue weighted by Gasteiger charge is -2.60. The van der Waals surface area contributed by atoms with E-state index in [1.165, 1.54) is 0 Å². The Hall–Kier alpha value is -1.57. The zero-order chi connectivity index (χ0) is 20.6. The van der Waals surface area contributed by atoms with Gasteiger partial charge in [-0.1, -0.05) is 22.9 Å². The molecule has 3 N–H and O–H groups in total. The largest absolute Gasteiger partial charge is 0.465 e. The lowest BCUT2D eigenvalue weighted by atomic mass is 9.48. The number of rotatable bonds is 3. The molecule has 2 aromatic rings. The van der Waals surface area contributed by atoms with E-state index in [0.29, 0.717) is 35.2 Å². The predicted molar refractivity (Wildman–Crippen MR) is 117 cm³/mol. The third-order valence-corrected chi connectivity index (χ3v) is 9.25. The van der Waals surface area contributed by atoms with Gasteiger partial charge in [-0.25, -0.2) is 9.78 Å². The lowest BCUT2D eigenvalue weighted by Crippen LogP contribution is -2.61. The highest BCUT2D eigenvalue weighted by Gasteiger charge is 2.59. The number of likely N-dealkylation sites (tertiary alicyclic amines) is 1. The third kappa shape index (κ3) is 3.00. The number of hydrogen-bond donors (Lipinski definition) is 3. The number of halogens is 1. The zero-order valence-electron chi connectivity index (χ0n) is 16.6. The molecule has 0 spiro atoms. The highest BCUT2D eigenvalue weighted by Crippen LogP contribution is 2.60. The molecule has 1 aromatic heterocycles. The topological polar surface area (TPSA) is 85.7 Å². The van der Waals surface area contributed by atoms with Gasteiger partial charge >= 0.3 is 6.09 Å². The van der Waals surface area contributed by atoms with Crippen LogP contribution >= 0.6 is 22.9 Å². The maximum atomic E-state index is 12.1. The monoisotopic (exact) mass is 447 g/mol. The molecule has 1 saturated heterocycles. The SMILES string of the molecule is O=C(O)N1CCC(Nc2nc3ccc(Cl)cc3s2)[C@H]1C1C2CC3C[C@H]1C[C@@](O)(C3)C2. The molecule has 7 rings (SSSR count). The Morgan fingerprint density at radius 1 is 1.27 bits per heavy atom. The summed E-state index contributed by atoms with van der Waals surface area (Å²) in [5.74, 6) is 1.78. The summed E-state index contributed by atoms with van der Waals surface area (Å²) < 4.78 is 1.03. The molecule has 4 bridgehead atoms. The van der Waals surface area contributed by atoms with Gasteiger partial charge < -0.3 is 20.4 Å². The molecule has 4 aliphatic carbocycles. The molecule has 1 aliphatic heterocycles. The minimum atomic E-state index is -0.826. The van der Waals surface area contributed by atoms with Crippen LogP contribution in [0, 0.1) is 23.7 Å². The fourth-order valence-electron chi connectivity index (χ4n) is 7.37. The van der Waals surface area contributed by atoms with E-state index >= 15 is 0 Å². The van der Waals surface area contributed by atoms with Gasteiger partial charge in [0.15, 0.2) is 5.13 Å². The van der Waals surface area contributed by atoms with E-state index in [1.807, 2.05) is 18.2 Å². The molecule has 30 heavy (non-hydrogen) atoms. The summed E-state index contributed by atoms with van der Waals surface area (Å²) in [5.41, 5.74) is 0.405. The Morgan fingerprint density at radius 2 is 2.03 bits per heavy atom. The molecule has 8 heteroatoms. The van der Waals surface area contributed by atoms with Gasteiger partial charge in [0.1, 0.15) is 0 Å². The highest BCUT2D eigenvalue weighted by molar-refractivity contribution is 7.22. The molecular formula is C22H26ClN3O3S. The van der Waals surface area contributed by atoms with E-state index in [2.05, 4.69) is 5.32 Å². The Labute approximate surface area is 184 Å². The lowest BCUT2D eigenvalue weighted by molar-refractivity contribution is -0.162. The molecule has 1 aromatic carbocycles. The number of amides is 1. The average molecular weight is 448 g/mol. The van der Waals surface area contributed by atoms with E-state index in [0.717, 1.165) is 53.9 Å². The Kier molecular flexibility index (Phi) is 4.28. The van der Waals surface area contributed by atoms with E-state index in [9.17, 15) is 15.0 Å². The standard InChI is InChI=1S/C22H26ClN3O3S/c23-14-1-2-15-17(7-14)30-20(24-15)25-16-3-4-26(21(27)28)19(16)18-12-5-11-6-13(18)10-22(29,8-11)9-12/h1-2,7,11-13,16,18-19,29H,3-6,8-10H2,(H,24,25)(H,27,28)/t11?,12-,13?,16?,18?,19-,22-/m0/s1. The molecule has 5 fully saturated rings. The molecule has 1 amide bonds. The smallest absolute Gasteiger partial charge is 0.407 e. The van der Waals surface area contributed by atoms with E-state index in [1.54, 1.807) is 16.2 Å². The van der Waals surface area contributed by atoms with Crippen molar-refractivity contribution >= 4 is 44.4 Å². The molecule has 0 radical (unpaired) electrons. The fourth-order valence-corrected chi connectivity index (χ4v) is 8.57. The normalized spacial score (nSPS) is 39.7. The molecule has 160 valence electrons. The van der Waals surface area contributed by atoms with Crippen molar-refractivity contribution in [2.75, 3.05) is 11.9 Å². The Bertz CT molecular complexity index is 997. The summed E-state index contributed by atoms with van der Waals surface area (Å²) >= 11 is 7.70. The van der Waals surface area contributed by atoms with Crippen molar-refractivity contribution in [1.82, 2.24) is 9.88 Å². The number of anilines is 1. The quantitative estimate of drug-likeness (QED) is 0.636. The number of fused-ring (bicyclic) bond motifs is 1. The van der Waals surface area contributed by atoms with Crippen molar-refractivity contribution in [2.45, 2.75) is 56.2 Å². The minimum Gasteiger partial charge on any atom is -0.465 e. The van der Waals surface area contributed by atoms with Crippen LogP contribution in [0.2, 0.25) is 5.02 Å². The van der Waals surface area contributed by atoms with Crippen LogP contribution in [0.5, 0.6) is 0 Å². The third-order valence-electron chi connectivity index (χ3n) is 8.07. The summed E-state index contributed by atoms with van der Waals surface area (Å²) in [6.07, 6.45) is 4.85. The van der Waals surface area contributed by atoms with Crippen LogP contribution < -0.4 is 5.32 Å². The van der Waals surface area contributed by atoms with E-state index in [-0.39, 0.29) is 12.1 Å². The number of benzene rings is 1. The van der Waals surface area contributed by atoms with Crippen molar-refractivity contribution in [2.24, 2.45) is 23.7 Å². The van der Waals surface area contributed by atoms with Gasteiger partial charge in [0.25, 0.3) is 0 Å². The first-order valence-corrected chi connectivity index (χ1v) is 12.1. The molecule has 4 saturated carbocycles. The summed E-state index contributed by atoms with van der Waals surface area (Å²) in [7, 11) is 0. The fraction of sp³-hybridized carbons (Fsp3) is 0.636. The maximum absolute atomic E-state index is 12.1. The van der Waals surface area contributed by atoms with Gasteiger partial charge in [-0.05, 0) is 80.4 Å². The maximum Gasteiger partial charge on any atom is 0.407 e. The van der Waals surface area contributed by atoms with Crippen LogP contribution in [-0.2, 0) is 0 Å². The van der Waals surface area contributed by atoms with Crippen molar-refractivity contribution in [3.63, 3.8) is 0 Å². The van der Waals surface area contributed by atoms with Crippen molar-refractivity contribution in [1.29, 1.82) is 0 Å². The summed E-state index contributed by atoms with van der Waals surface area (Å²) in [4.78, 5) is 18.5. The highest BCUT2D eigenvalue weighted by atomic mass is 35.5. The second-order valence-electron chi connectivity index (χ2n) is 9.91. The first kappa shape index (κ1) is 19.1. The Morgan fingerprint density at radius 3 is 2.73 bits per heavy atom. The van der Waals surface area contributed by atoms with Gasteiger partial charge in [0.05, 0.1) is 27.9 Å². The molecule has 4 unspecified atom stereocenters. The minimum absolute atomic E-state index is 0.0503. The van der Waals surface area contributed by atoms with Crippen molar-refractivity contribution in [3.8, 4) is 0 Å². The summed E-state index contributed by atoms with van der Waals surface area (Å²) in [5, 5.41) is 26.0. The molecular weight excluding hydrogens is 422 g/mol. The van der Waals surface area contributed by atoms with Gasteiger partial charge in [-0.3, -0.25) is 0 Å². The summed E-state index contributed by atoms with van der Waals surface area (Å²) in [6, 6.07) is 5.68. The number of carboxylic acid groups (broad SMARTS) is 1. The Balaban J connectivity index is 1.31. The van der Waals surface area contributed by atoms with Gasteiger partial charge in [-0.15, -0.1) is 0 Å². The second-order valence-corrected chi connectivity index (χ2v) is 11.4. The van der Waals surface area contributed by atoms with Gasteiger partial charge in [0.2, 0.25) is 0 Å². The summed E-state index contributed by atoms with van der Waals surface area (Å²) in [6.45, 7) is 0.554. The molecule has 2 heterocycles. The van der Waals surface area contributed by atoms with Crippen LogP contribution in [0.1, 0.15) is 38.5 Å². The van der Waals surface area contributed by atoms with Crippen LogP contribution in [0.3, 0.4) is 0 Å². The zero-order valence-corrected chi connectivity index (χ0v) is 18.2. The van der Waals surface area contributed by atoms with Crippen LogP contribution in [0.25, 0.3) is 10.2 Å². The number of carbonyl (C=O) groups is 1. The number of aromatic nitrogens is 1. The van der Waals surface area contributed by atoms with Gasteiger partial charge in [0, 0.05) is 11.6 Å². The molecule has 7 atom stereocenters. The molecule has 5 aliphatic rings. The number of hydrogen-bond acceptors (Lipinski definition) is 5. The second kappa shape index (κ2) is 6.71. The van der Waals surface area contributed by atoms with Crippen LogP contribution in [-0.4, -0.2) is 50.4 Å². The average Bonchev–Trinajstić information content (AvgIpc) is 3.24. The van der Waals surface area contributed by atoms with Crippen LogP contribution in [0.15, 0.2) is 18.2 Å². The molecule has 6 nitrogen and oxygen atoms in total. The van der Waals surface area contributed by atoms with Crippen molar-refractivity contribution in [3.05, 3.63) is 23.2 Å². The van der Waals surface area contributed by atoms with E-state index in [4.69, 9.17) is 16.6 Å². The first-order valence-electron chi connectivity index (χ1n) is 10.9. The first-order chi connectivity index (χ1) is 14.4. The van der Waals surface area contributed by atoms with Crippen molar-refractivity contribution < 1.29 is 15.0 Å². The number of thiazole rings is 1. The van der Waals surface area contributed by atoms with Crippen LogP contribution in [0.4, 0.5) is 9.93 Å². The van der Waals surface area contributed by atoms with Gasteiger partial charge in [-0.2, -0.15) is 0 Å².